The molecule has 3 rings (SSSR count). The summed E-state index contributed by atoms with van der Waals surface area (Å²) in [5, 5.41) is 3.15. The number of rotatable bonds is 7. The Hall–Kier alpha value is -1.15. The van der Waals surface area contributed by atoms with E-state index in [0.717, 1.165) is 12.8 Å². The van der Waals surface area contributed by atoms with Gasteiger partial charge in [0, 0.05) is 32.1 Å². The van der Waals surface area contributed by atoms with E-state index >= 15 is 0 Å². The molecule has 1 aromatic rings. The molecule has 1 N–H and O–H groups in total. The minimum absolute atomic E-state index is 0.150. The summed E-state index contributed by atoms with van der Waals surface area (Å²) < 4.78 is 27.0. The Morgan fingerprint density at radius 1 is 1.14 bits per heavy atom. The smallest absolute Gasteiger partial charge is 0.243 e. The van der Waals surface area contributed by atoms with E-state index in [1.807, 2.05) is 0 Å². The number of hydrogen-bond donors (Lipinski definition) is 1. The average Bonchev–Trinajstić information content (AvgIpc) is 3.11. The van der Waals surface area contributed by atoms with Gasteiger partial charge in [0.15, 0.2) is 0 Å². The summed E-state index contributed by atoms with van der Waals surface area (Å²) in [6, 6.07) is 5.06. The van der Waals surface area contributed by atoms with E-state index in [4.69, 9.17) is 11.6 Å². The number of nitrogens with one attached hydrogen (secondary N) is 1. The Morgan fingerprint density at radius 3 is 2.45 bits per heavy atom. The molecule has 1 amide bonds. The molecule has 0 bridgehead atoms. The molecule has 1 saturated heterocycles. The van der Waals surface area contributed by atoms with Crippen LogP contribution in [-0.4, -0.2) is 56.3 Å². The van der Waals surface area contributed by atoms with Gasteiger partial charge in [-0.2, -0.15) is 4.31 Å². The van der Waals surface area contributed by atoms with Crippen molar-refractivity contribution in [2.45, 2.75) is 68.7 Å². The van der Waals surface area contributed by atoms with Gasteiger partial charge in [-0.25, -0.2) is 8.42 Å². The van der Waals surface area contributed by atoms with Crippen molar-refractivity contribution in [3.05, 3.63) is 23.2 Å². The third kappa shape index (κ3) is 5.94. The lowest BCUT2D eigenvalue weighted by atomic mass is 10.1. The standard InChI is InChI=1S/C21H32ClN3O3S/c1-24(17-8-4-2-3-5-9-17)15-12-21(26)23-20-16-18(10-11-19(20)22)29(27,28)25-13-6-7-14-25/h10-11,16-17H,2-9,12-15H2,1H3,(H,23,26). The average molecular weight is 442 g/mol. The van der Waals surface area contributed by atoms with Crippen molar-refractivity contribution in [2.75, 3.05) is 32.0 Å². The number of benzene rings is 1. The van der Waals surface area contributed by atoms with Gasteiger partial charge in [0.25, 0.3) is 0 Å². The van der Waals surface area contributed by atoms with Gasteiger partial charge in [-0.1, -0.05) is 37.3 Å². The van der Waals surface area contributed by atoms with Gasteiger partial charge in [-0.05, 0) is 50.9 Å². The zero-order valence-electron chi connectivity index (χ0n) is 17.2. The van der Waals surface area contributed by atoms with Crippen molar-refractivity contribution in [1.82, 2.24) is 9.21 Å². The van der Waals surface area contributed by atoms with Crippen LogP contribution in [0.15, 0.2) is 23.1 Å². The van der Waals surface area contributed by atoms with Crippen LogP contribution in [0.5, 0.6) is 0 Å². The molecule has 2 fully saturated rings. The Labute approximate surface area is 179 Å². The maximum Gasteiger partial charge on any atom is 0.243 e. The molecule has 0 aromatic heterocycles. The van der Waals surface area contributed by atoms with Crippen LogP contribution in [0.1, 0.15) is 57.8 Å². The van der Waals surface area contributed by atoms with Crippen molar-refractivity contribution in [3.8, 4) is 0 Å². The molecule has 162 valence electrons. The summed E-state index contributed by atoms with van der Waals surface area (Å²) in [6.07, 6.45) is 9.63. The molecule has 0 spiro atoms. The Balaban J connectivity index is 1.59. The number of carbonyl (C=O) groups excluding carboxylic acids is 1. The highest BCUT2D eigenvalue weighted by Gasteiger charge is 2.28. The predicted molar refractivity (Wildman–Crippen MR) is 117 cm³/mol. The van der Waals surface area contributed by atoms with Crippen molar-refractivity contribution in [3.63, 3.8) is 0 Å². The Kier molecular flexibility index (Phi) is 7.96. The third-order valence-corrected chi connectivity index (χ3v) is 8.28. The van der Waals surface area contributed by atoms with Gasteiger partial charge in [-0.15, -0.1) is 0 Å². The van der Waals surface area contributed by atoms with Crippen molar-refractivity contribution < 1.29 is 13.2 Å². The minimum atomic E-state index is -3.54. The molecule has 6 nitrogen and oxygen atoms in total. The maximum atomic E-state index is 12.8. The molecule has 0 atom stereocenters. The number of sulfonamides is 1. The van der Waals surface area contributed by atoms with E-state index < -0.39 is 10.0 Å². The van der Waals surface area contributed by atoms with Crippen molar-refractivity contribution in [1.29, 1.82) is 0 Å². The first-order valence-electron chi connectivity index (χ1n) is 10.7. The SMILES string of the molecule is CN(CCC(=O)Nc1cc(S(=O)(=O)N2CCCC2)ccc1Cl)C1CCCCCC1. The highest BCUT2D eigenvalue weighted by atomic mass is 35.5. The first kappa shape index (κ1) is 22.5. The number of nitrogens with zero attached hydrogens (tertiary/aromatic N) is 2. The fraction of sp³-hybridized carbons (Fsp3) is 0.667. The molecule has 8 heteroatoms. The molecule has 1 aliphatic carbocycles. The van der Waals surface area contributed by atoms with Gasteiger partial charge in [-0.3, -0.25) is 4.79 Å². The van der Waals surface area contributed by atoms with Crippen LogP contribution in [0, 0.1) is 0 Å². The second kappa shape index (κ2) is 10.2. The lowest BCUT2D eigenvalue weighted by Gasteiger charge is -2.26. The van der Waals surface area contributed by atoms with E-state index in [-0.39, 0.29) is 10.8 Å². The number of halogens is 1. The van der Waals surface area contributed by atoms with Crippen LogP contribution >= 0.6 is 11.6 Å². The lowest BCUT2D eigenvalue weighted by molar-refractivity contribution is -0.116. The van der Waals surface area contributed by atoms with Crippen LogP contribution in [0.3, 0.4) is 0 Å². The molecule has 1 aromatic carbocycles. The highest BCUT2D eigenvalue weighted by Crippen LogP contribution is 2.28. The minimum Gasteiger partial charge on any atom is -0.325 e. The molecule has 29 heavy (non-hydrogen) atoms. The largest absolute Gasteiger partial charge is 0.325 e. The second-order valence-electron chi connectivity index (χ2n) is 8.18. The molecule has 2 aliphatic rings. The van der Waals surface area contributed by atoms with E-state index in [1.54, 1.807) is 0 Å². The third-order valence-electron chi connectivity index (χ3n) is 6.05. The van der Waals surface area contributed by atoms with Gasteiger partial charge >= 0.3 is 0 Å². The van der Waals surface area contributed by atoms with Crippen molar-refractivity contribution in [2.24, 2.45) is 0 Å². The Bertz CT molecular complexity index is 801. The molecular formula is C21H32ClN3O3S. The fourth-order valence-corrected chi connectivity index (χ4v) is 5.92. The summed E-state index contributed by atoms with van der Waals surface area (Å²) in [7, 11) is -1.46. The quantitative estimate of drug-likeness (QED) is 0.646. The summed E-state index contributed by atoms with van der Waals surface area (Å²) in [5.74, 6) is -0.150. The molecule has 1 heterocycles. The summed E-state index contributed by atoms with van der Waals surface area (Å²) in [6.45, 7) is 1.76. The Morgan fingerprint density at radius 2 is 1.79 bits per heavy atom. The van der Waals surface area contributed by atoms with E-state index in [1.165, 1.54) is 61.0 Å². The molecule has 1 aliphatic heterocycles. The van der Waals surface area contributed by atoms with Crippen LogP contribution in [0.25, 0.3) is 0 Å². The zero-order valence-corrected chi connectivity index (χ0v) is 18.8. The van der Waals surface area contributed by atoms with Crippen LogP contribution in [0.4, 0.5) is 5.69 Å². The first-order chi connectivity index (χ1) is 13.9. The predicted octanol–water partition coefficient (Wildman–Crippen LogP) is 4.11. The lowest BCUT2D eigenvalue weighted by Crippen LogP contribution is -2.33. The van der Waals surface area contributed by atoms with E-state index in [0.29, 0.717) is 42.8 Å². The number of amides is 1. The normalized spacial score (nSPS) is 19.4. The van der Waals surface area contributed by atoms with Crippen LogP contribution in [-0.2, 0) is 14.8 Å². The van der Waals surface area contributed by atoms with Gasteiger partial charge in [0.2, 0.25) is 15.9 Å². The van der Waals surface area contributed by atoms with E-state index in [9.17, 15) is 13.2 Å². The number of carbonyl (C=O) groups is 1. The molecule has 0 radical (unpaired) electrons. The molecule has 0 unspecified atom stereocenters. The van der Waals surface area contributed by atoms with E-state index in [2.05, 4.69) is 17.3 Å². The van der Waals surface area contributed by atoms with Crippen LogP contribution < -0.4 is 5.32 Å². The maximum absolute atomic E-state index is 12.8. The fourth-order valence-electron chi connectivity index (χ4n) is 4.21. The summed E-state index contributed by atoms with van der Waals surface area (Å²) in [4.78, 5) is 14.9. The topological polar surface area (TPSA) is 69.7 Å². The summed E-state index contributed by atoms with van der Waals surface area (Å²) >= 11 is 6.22. The van der Waals surface area contributed by atoms with Crippen molar-refractivity contribution >= 4 is 33.2 Å². The van der Waals surface area contributed by atoms with Gasteiger partial charge < -0.3 is 10.2 Å². The summed E-state index contributed by atoms with van der Waals surface area (Å²) in [5.41, 5.74) is 0.356. The zero-order chi connectivity index (χ0) is 20.9. The second-order valence-corrected chi connectivity index (χ2v) is 10.5. The monoisotopic (exact) mass is 441 g/mol. The first-order valence-corrected chi connectivity index (χ1v) is 12.5. The molecule has 1 saturated carbocycles. The van der Waals surface area contributed by atoms with Gasteiger partial charge in [0.1, 0.15) is 0 Å². The van der Waals surface area contributed by atoms with Crippen LogP contribution in [0.2, 0.25) is 5.02 Å². The number of hydrogen-bond acceptors (Lipinski definition) is 4. The number of anilines is 1. The molecular weight excluding hydrogens is 410 g/mol. The van der Waals surface area contributed by atoms with Gasteiger partial charge in [0.05, 0.1) is 15.6 Å². The highest BCUT2D eigenvalue weighted by molar-refractivity contribution is 7.89.